The number of H-pyrrole nitrogens is 1. The van der Waals surface area contributed by atoms with Crippen molar-refractivity contribution in [1.29, 1.82) is 0 Å². The number of methoxy groups -OCH3 is 2. The Morgan fingerprint density at radius 3 is 2.11 bits per heavy atom. The number of rotatable bonds is 5. The zero-order valence-electron chi connectivity index (χ0n) is 15.5. The normalized spacial score (nSPS) is 10.8. The molecule has 4 rings (SSSR count). The monoisotopic (exact) mass is 391 g/mol. The van der Waals surface area contributed by atoms with E-state index in [1.165, 1.54) is 11.3 Å². The molecule has 0 amide bonds. The van der Waals surface area contributed by atoms with Crippen LogP contribution in [-0.2, 0) is 0 Å². The summed E-state index contributed by atoms with van der Waals surface area (Å²) in [4.78, 5) is 17.7. The van der Waals surface area contributed by atoms with Crippen LogP contribution in [0, 0.1) is 0 Å². The van der Waals surface area contributed by atoms with Crippen molar-refractivity contribution in [3.8, 4) is 22.8 Å². The number of ether oxygens (including phenoxy) is 2. The van der Waals surface area contributed by atoms with Crippen molar-refractivity contribution < 1.29 is 19.3 Å². The van der Waals surface area contributed by atoms with Crippen LogP contribution in [0.3, 0.4) is 0 Å². The first-order valence-electron chi connectivity index (χ1n) is 8.68. The maximum absolute atomic E-state index is 12.9. The van der Waals surface area contributed by atoms with Crippen LogP contribution >= 0.6 is 11.3 Å². The summed E-state index contributed by atoms with van der Waals surface area (Å²) < 4.78 is 10.4. The van der Waals surface area contributed by atoms with Crippen LogP contribution in [0.1, 0.15) is 15.2 Å². The molecule has 0 aliphatic rings. The molecule has 0 radical (unpaired) electrons. The van der Waals surface area contributed by atoms with Crippen LogP contribution in [0.4, 0.5) is 5.69 Å². The van der Waals surface area contributed by atoms with Crippen LogP contribution in [-0.4, -0.2) is 20.0 Å². The van der Waals surface area contributed by atoms with Crippen molar-refractivity contribution in [2.24, 2.45) is 0 Å². The van der Waals surface area contributed by atoms with Gasteiger partial charge in [0.15, 0.2) is 0 Å². The van der Waals surface area contributed by atoms with Gasteiger partial charge in [-0.1, -0.05) is 11.3 Å². The Labute approximate surface area is 166 Å². The van der Waals surface area contributed by atoms with Gasteiger partial charge in [0, 0.05) is 17.2 Å². The number of hydrogen-bond donors (Lipinski definition) is 1. The average molecular weight is 391 g/mol. The van der Waals surface area contributed by atoms with Gasteiger partial charge in [0.05, 0.1) is 25.3 Å². The second kappa shape index (κ2) is 7.32. The van der Waals surface area contributed by atoms with Crippen molar-refractivity contribution >= 4 is 33.0 Å². The Morgan fingerprint density at radius 2 is 1.50 bits per heavy atom. The van der Waals surface area contributed by atoms with Crippen molar-refractivity contribution in [2.45, 2.75) is 0 Å². The lowest BCUT2D eigenvalue weighted by molar-refractivity contribution is -0.327. The SMILES string of the molecule is COc1ccc(C(=O)c2sc3[nH+]c(-c4ccc(OC)cc4)ccc3c2N)cc1. The molecule has 0 spiro atoms. The van der Waals surface area contributed by atoms with Crippen LogP contribution in [0.5, 0.6) is 11.5 Å². The predicted molar refractivity (Wildman–Crippen MR) is 111 cm³/mol. The molecule has 2 heterocycles. The number of nitrogens with two attached hydrogens (primary N) is 1. The zero-order valence-corrected chi connectivity index (χ0v) is 16.3. The number of thiophene rings is 1. The molecule has 0 saturated carbocycles. The smallest absolute Gasteiger partial charge is 0.270 e. The maximum Gasteiger partial charge on any atom is 0.270 e. The molecular weight excluding hydrogens is 372 g/mol. The summed E-state index contributed by atoms with van der Waals surface area (Å²) in [6.07, 6.45) is 0. The van der Waals surface area contributed by atoms with Crippen molar-refractivity contribution in [3.05, 3.63) is 71.1 Å². The lowest BCUT2D eigenvalue weighted by Gasteiger charge is -2.02. The van der Waals surface area contributed by atoms with E-state index in [-0.39, 0.29) is 5.78 Å². The van der Waals surface area contributed by atoms with Gasteiger partial charge < -0.3 is 15.2 Å². The molecule has 0 unspecified atom stereocenters. The van der Waals surface area contributed by atoms with Gasteiger partial charge in [0.1, 0.15) is 16.4 Å². The molecule has 28 heavy (non-hydrogen) atoms. The summed E-state index contributed by atoms with van der Waals surface area (Å²) in [5, 5.41) is 0.846. The van der Waals surface area contributed by atoms with E-state index in [0.29, 0.717) is 21.9 Å². The Balaban J connectivity index is 1.72. The van der Waals surface area contributed by atoms with E-state index in [9.17, 15) is 4.79 Å². The highest BCUT2D eigenvalue weighted by atomic mass is 32.1. The summed E-state index contributed by atoms with van der Waals surface area (Å²) in [6, 6.07) is 18.7. The number of nitrogen functional groups attached to an aromatic ring is 1. The summed E-state index contributed by atoms with van der Waals surface area (Å²) >= 11 is 1.37. The molecule has 4 aromatic rings. The number of carbonyl (C=O) groups is 1. The lowest BCUT2D eigenvalue weighted by atomic mass is 10.1. The Morgan fingerprint density at radius 1 is 0.893 bits per heavy atom. The molecule has 0 aliphatic carbocycles. The van der Waals surface area contributed by atoms with Gasteiger partial charge >= 0.3 is 0 Å². The Kier molecular flexibility index (Phi) is 4.71. The largest absolute Gasteiger partial charge is 0.497 e. The van der Waals surface area contributed by atoms with E-state index in [1.807, 2.05) is 36.4 Å². The first-order valence-corrected chi connectivity index (χ1v) is 9.50. The van der Waals surface area contributed by atoms with Gasteiger partial charge in [-0.2, -0.15) is 4.98 Å². The molecule has 0 saturated heterocycles. The average Bonchev–Trinajstić information content (AvgIpc) is 3.09. The Hall–Kier alpha value is -3.38. The molecule has 0 atom stereocenters. The van der Waals surface area contributed by atoms with Gasteiger partial charge in [-0.25, -0.2) is 0 Å². The highest BCUT2D eigenvalue weighted by Crippen LogP contribution is 2.34. The lowest BCUT2D eigenvalue weighted by Crippen LogP contribution is -2.06. The molecular formula is C22H19N2O3S+. The highest BCUT2D eigenvalue weighted by Gasteiger charge is 2.22. The number of ketones is 1. The van der Waals surface area contributed by atoms with Crippen LogP contribution in [0.2, 0.25) is 0 Å². The fourth-order valence-electron chi connectivity index (χ4n) is 3.03. The molecule has 5 nitrogen and oxygen atoms in total. The number of aromatic nitrogens is 1. The molecule has 0 aliphatic heterocycles. The predicted octanol–water partition coefficient (Wildman–Crippen LogP) is 4.21. The molecule has 140 valence electrons. The third-order valence-corrected chi connectivity index (χ3v) is 5.74. The van der Waals surface area contributed by atoms with Crippen LogP contribution in [0.15, 0.2) is 60.7 Å². The fraction of sp³-hybridized carbons (Fsp3) is 0.0909. The Bertz CT molecular complexity index is 1150. The number of hydrogen-bond acceptors (Lipinski definition) is 5. The summed E-state index contributed by atoms with van der Waals surface area (Å²) in [7, 11) is 3.24. The van der Waals surface area contributed by atoms with Crippen molar-refractivity contribution in [3.63, 3.8) is 0 Å². The number of aromatic amines is 1. The number of benzene rings is 2. The summed E-state index contributed by atoms with van der Waals surface area (Å²) in [6.45, 7) is 0. The standard InChI is InChI=1S/C22H18N2O3S/c1-26-15-7-3-13(4-8-15)18-12-11-17-19(23)21(28-22(17)24-18)20(25)14-5-9-16(27-2)10-6-14/h3-12H,23H2,1-2H3/p+1. The van der Waals surface area contributed by atoms with Gasteiger partial charge in [0.2, 0.25) is 11.5 Å². The van der Waals surface area contributed by atoms with Gasteiger partial charge in [-0.15, -0.1) is 0 Å². The van der Waals surface area contributed by atoms with Crippen molar-refractivity contribution in [1.82, 2.24) is 0 Å². The minimum absolute atomic E-state index is 0.0965. The third-order valence-electron chi connectivity index (χ3n) is 4.61. The molecule has 6 heteroatoms. The van der Waals surface area contributed by atoms with Crippen molar-refractivity contribution in [2.75, 3.05) is 20.0 Å². The fourth-order valence-corrected chi connectivity index (χ4v) is 4.11. The molecule has 0 fully saturated rings. The van der Waals surface area contributed by atoms with Crippen LogP contribution < -0.4 is 20.2 Å². The quantitative estimate of drug-likeness (QED) is 0.517. The minimum Gasteiger partial charge on any atom is -0.497 e. The second-order valence-corrected chi connectivity index (χ2v) is 7.27. The first-order chi connectivity index (χ1) is 13.6. The molecule has 2 aromatic carbocycles. The van der Waals surface area contributed by atoms with E-state index in [4.69, 9.17) is 15.2 Å². The van der Waals surface area contributed by atoms with E-state index < -0.39 is 0 Å². The topological polar surface area (TPSA) is 75.7 Å². The van der Waals surface area contributed by atoms with E-state index in [0.717, 1.165) is 27.2 Å². The maximum atomic E-state index is 12.9. The van der Waals surface area contributed by atoms with Crippen LogP contribution in [0.25, 0.3) is 21.5 Å². The molecule has 0 bridgehead atoms. The van der Waals surface area contributed by atoms with E-state index >= 15 is 0 Å². The molecule has 2 aromatic heterocycles. The second-order valence-electron chi connectivity index (χ2n) is 6.25. The highest BCUT2D eigenvalue weighted by molar-refractivity contribution is 7.21. The van der Waals surface area contributed by atoms with E-state index in [2.05, 4.69) is 4.98 Å². The summed E-state index contributed by atoms with van der Waals surface area (Å²) in [5.74, 6) is 1.41. The summed E-state index contributed by atoms with van der Waals surface area (Å²) in [5.41, 5.74) is 9.33. The van der Waals surface area contributed by atoms with E-state index in [1.54, 1.807) is 38.5 Å². The molecule has 3 N–H and O–H groups in total. The number of pyridine rings is 1. The van der Waals surface area contributed by atoms with Gasteiger partial charge in [-0.05, 0) is 54.6 Å². The number of carbonyl (C=O) groups excluding carboxylic acids is 1. The zero-order chi connectivity index (χ0) is 19.7. The van der Waals surface area contributed by atoms with Gasteiger partial charge in [0.25, 0.3) is 4.83 Å². The number of nitrogens with one attached hydrogen (secondary N) is 1. The number of fused-ring (bicyclic) bond motifs is 1. The number of anilines is 1. The third kappa shape index (κ3) is 3.18. The van der Waals surface area contributed by atoms with Gasteiger partial charge in [-0.3, -0.25) is 4.79 Å². The minimum atomic E-state index is -0.0965. The first kappa shape index (κ1) is 18.0.